The Hall–Kier alpha value is -1.38. The third-order valence-corrected chi connectivity index (χ3v) is 3.47. The average molecular weight is 278 g/mol. The number of halogens is 2. The zero-order chi connectivity index (χ0) is 13.8. The molecule has 0 heterocycles. The van der Waals surface area contributed by atoms with Crippen LogP contribution in [0.15, 0.2) is 42.5 Å². The normalized spacial score (nSPS) is 12.4. The zero-order valence-electron chi connectivity index (χ0n) is 10.9. The lowest BCUT2D eigenvalue weighted by Crippen LogP contribution is -2.12. The Morgan fingerprint density at radius 3 is 2.68 bits per heavy atom. The van der Waals surface area contributed by atoms with Crippen LogP contribution < -0.4 is 5.73 Å². The van der Waals surface area contributed by atoms with E-state index in [1.807, 2.05) is 12.1 Å². The van der Waals surface area contributed by atoms with Crippen LogP contribution in [0.25, 0.3) is 0 Å². The fourth-order valence-corrected chi connectivity index (χ4v) is 2.45. The third kappa shape index (κ3) is 3.34. The first-order valence-electron chi connectivity index (χ1n) is 6.41. The summed E-state index contributed by atoms with van der Waals surface area (Å²) in [4.78, 5) is 0. The number of rotatable bonds is 4. The van der Waals surface area contributed by atoms with Crippen LogP contribution in [0.1, 0.15) is 36.1 Å². The van der Waals surface area contributed by atoms with Gasteiger partial charge >= 0.3 is 0 Å². The predicted molar refractivity (Wildman–Crippen MR) is 77.9 cm³/mol. The highest BCUT2D eigenvalue weighted by atomic mass is 35.5. The molecule has 0 saturated heterocycles. The molecule has 0 aliphatic heterocycles. The summed E-state index contributed by atoms with van der Waals surface area (Å²) in [6.45, 7) is 2.14. The van der Waals surface area contributed by atoms with Gasteiger partial charge in [0.15, 0.2) is 0 Å². The van der Waals surface area contributed by atoms with Gasteiger partial charge in [0.25, 0.3) is 0 Å². The molecule has 2 aromatic rings. The van der Waals surface area contributed by atoms with Gasteiger partial charge in [0.05, 0.1) is 6.04 Å². The van der Waals surface area contributed by atoms with Crippen LogP contribution in [-0.2, 0) is 6.42 Å². The molecule has 2 aromatic carbocycles. The van der Waals surface area contributed by atoms with Gasteiger partial charge in [0.2, 0.25) is 0 Å². The summed E-state index contributed by atoms with van der Waals surface area (Å²) < 4.78 is 13.1. The Morgan fingerprint density at radius 1 is 1.21 bits per heavy atom. The van der Waals surface area contributed by atoms with E-state index in [1.54, 1.807) is 6.07 Å². The van der Waals surface area contributed by atoms with Crippen LogP contribution in [0.2, 0.25) is 5.02 Å². The predicted octanol–water partition coefficient (Wildman–Crippen LogP) is 4.48. The van der Waals surface area contributed by atoms with Crippen LogP contribution in [0.4, 0.5) is 4.39 Å². The Kier molecular flexibility index (Phi) is 4.56. The molecule has 0 aromatic heterocycles. The summed E-state index contributed by atoms with van der Waals surface area (Å²) in [6.07, 6.45) is 2.12. The van der Waals surface area contributed by atoms with Crippen LogP contribution in [-0.4, -0.2) is 0 Å². The molecule has 1 unspecified atom stereocenters. The average Bonchev–Trinajstić information content (AvgIpc) is 2.39. The molecule has 0 saturated carbocycles. The van der Waals surface area contributed by atoms with Crippen LogP contribution in [0, 0.1) is 5.82 Å². The van der Waals surface area contributed by atoms with Gasteiger partial charge in [-0.1, -0.05) is 55.3 Å². The fourth-order valence-electron chi connectivity index (χ4n) is 2.16. The van der Waals surface area contributed by atoms with Gasteiger partial charge in [0, 0.05) is 5.02 Å². The highest BCUT2D eigenvalue weighted by Crippen LogP contribution is 2.27. The summed E-state index contributed by atoms with van der Waals surface area (Å²) in [5.41, 5.74) is 9.23. The topological polar surface area (TPSA) is 26.0 Å². The zero-order valence-corrected chi connectivity index (χ0v) is 11.6. The second-order valence-corrected chi connectivity index (χ2v) is 5.05. The molecule has 100 valence electrons. The molecule has 1 nitrogen and oxygen atoms in total. The van der Waals surface area contributed by atoms with Crippen molar-refractivity contribution in [3.63, 3.8) is 0 Å². The molecule has 0 aliphatic carbocycles. The van der Waals surface area contributed by atoms with Crippen molar-refractivity contribution in [2.24, 2.45) is 5.73 Å². The summed E-state index contributed by atoms with van der Waals surface area (Å²) in [5, 5.41) is 0.369. The number of hydrogen-bond donors (Lipinski definition) is 1. The van der Waals surface area contributed by atoms with Crippen molar-refractivity contribution in [3.05, 3.63) is 70.0 Å². The van der Waals surface area contributed by atoms with Gasteiger partial charge in [0.1, 0.15) is 5.82 Å². The second kappa shape index (κ2) is 6.18. The second-order valence-electron chi connectivity index (χ2n) is 4.64. The lowest BCUT2D eigenvalue weighted by atomic mass is 9.97. The summed E-state index contributed by atoms with van der Waals surface area (Å²) >= 11 is 6.06. The maximum atomic E-state index is 13.1. The van der Waals surface area contributed by atoms with Crippen molar-refractivity contribution in [3.8, 4) is 0 Å². The van der Waals surface area contributed by atoms with Crippen LogP contribution in [0.3, 0.4) is 0 Å². The molecule has 0 amide bonds. The fraction of sp³-hybridized carbons (Fsp3) is 0.250. The highest BCUT2D eigenvalue weighted by molar-refractivity contribution is 6.31. The van der Waals surface area contributed by atoms with E-state index in [-0.39, 0.29) is 11.9 Å². The number of nitrogens with two attached hydrogens (primary N) is 1. The van der Waals surface area contributed by atoms with Gasteiger partial charge in [-0.25, -0.2) is 4.39 Å². The molecular weight excluding hydrogens is 261 g/mol. The van der Waals surface area contributed by atoms with E-state index in [9.17, 15) is 4.39 Å². The van der Waals surface area contributed by atoms with Crippen LogP contribution in [0.5, 0.6) is 0 Å². The first kappa shape index (κ1) is 14.0. The van der Waals surface area contributed by atoms with E-state index in [2.05, 4.69) is 19.1 Å². The molecule has 2 N–H and O–H groups in total. The van der Waals surface area contributed by atoms with E-state index in [0.29, 0.717) is 5.02 Å². The Balaban J connectivity index is 2.32. The van der Waals surface area contributed by atoms with Crippen molar-refractivity contribution in [2.75, 3.05) is 0 Å². The molecule has 0 radical (unpaired) electrons. The van der Waals surface area contributed by atoms with Gasteiger partial charge in [-0.3, -0.25) is 0 Å². The van der Waals surface area contributed by atoms with E-state index in [4.69, 9.17) is 17.3 Å². The Morgan fingerprint density at radius 2 is 2.00 bits per heavy atom. The van der Waals surface area contributed by atoms with E-state index in [1.165, 1.54) is 17.7 Å². The monoisotopic (exact) mass is 277 g/mol. The lowest BCUT2D eigenvalue weighted by molar-refractivity contribution is 0.626. The summed E-state index contributed by atoms with van der Waals surface area (Å²) in [7, 11) is 0. The largest absolute Gasteiger partial charge is 0.320 e. The first-order chi connectivity index (χ1) is 9.11. The van der Waals surface area contributed by atoms with Gasteiger partial charge in [-0.2, -0.15) is 0 Å². The highest BCUT2D eigenvalue weighted by Gasteiger charge is 2.13. The summed E-state index contributed by atoms with van der Waals surface area (Å²) in [6, 6.07) is 12.2. The van der Waals surface area contributed by atoms with Crippen molar-refractivity contribution in [1.29, 1.82) is 0 Å². The van der Waals surface area contributed by atoms with Crippen molar-refractivity contribution in [2.45, 2.75) is 25.8 Å². The van der Waals surface area contributed by atoms with Gasteiger partial charge in [-0.05, 0) is 35.2 Å². The molecule has 0 bridgehead atoms. The van der Waals surface area contributed by atoms with Crippen molar-refractivity contribution < 1.29 is 4.39 Å². The molecule has 2 rings (SSSR count). The van der Waals surface area contributed by atoms with Gasteiger partial charge < -0.3 is 5.73 Å². The standard InChI is InChI=1S/C16H17ClFN/c1-2-4-11-5-3-6-12(9-11)16(19)14-8-7-13(18)10-15(14)17/h3,5-10,16H,2,4,19H2,1H3. The number of aryl methyl sites for hydroxylation is 1. The number of hydrogen-bond acceptors (Lipinski definition) is 1. The van der Waals surface area contributed by atoms with Crippen molar-refractivity contribution in [1.82, 2.24) is 0 Å². The molecule has 0 fully saturated rings. The molecule has 1 atom stereocenters. The molecule has 19 heavy (non-hydrogen) atoms. The quantitative estimate of drug-likeness (QED) is 0.876. The lowest BCUT2D eigenvalue weighted by Gasteiger charge is -2.15. The molecule has 0 aliphatic rings. The Bertz CT molecular complexity index is 568. The van der Waals surface area contributed by atoms with E-state index in [0.717, 1.165) is 24.0 Å². The SMILES string of the molecule is CCCc1cccc(C(N)c2ccc(F)cc2Cl)c1. The smallest absolute Gasteiger partial charge is 0.124 e. The minimum atomic E-state index is -0.347. The van der Waals surface area contributed by atoms with Crippen LogP contribution >= 0.6 is 11.6 Å². The molecule has 3 heteroatoms. The number of benzene rings is 2. The maximum Gasteiger partial charge on any atom is 0.124 e. The van der Waals surface area contributed by atoms with E-state index < -0.39 is 0 Å². The first-order valence-corrected chi connectivity index (χ1v) is 6.79. The minimum absolute atomic E-state index is 0.329. The van der Waals surface area contributed by atoms with E-state index >= 15 is 0 Å². The Labute approximate surface area is 118 Å². The molecular formula is C16H17ClFN. The molecule has 0 spiro atoms. The minimum Gasteiger partial charge on any atom is -0.320 e. The van der Waals surface area contributed by atoms with Gasteiger partial charge in [-0.15, -0.1) is 0 Å². The van der Waals surface area contributed by atoms with Crippen molar-refractivity contribution >= 4 is 11.6 Å². The third-order valence-electron chi connectivity index (χ3n) is 3.15. The maximum absolute atomic E-state index is 13.1. The summed E-state index contributed by atoms with van der Waals surface area (Å²) in [5.74, 6) is -0.347.